The van der Waals surface area contributed by atoms with Crippen molar-refractivity contribution >= 4 is 5.78 Å². The minimum Gasteiger partial charge on any atom is -0.491 e. The number of aliphatic hydroxyl groups is 1. The first-order valence-electron chi connectivity index (χ1n) is 9.29. The van der Waals surface area contributed by atoms with Crippen molar-refractivity contribution in [2.75, 3.05) is 19.7 Å². The monoisotopic (exact) mass is 331 g/mol. The van der Waals surface area contributed by atoms with E-state index in [1.54, 1.807) is 31.2 Å². The Kier molecular flexibility index (Phi) is 5.90. The normalized spacial score (nSPS) is 25.8. The molecule has 132 valence electrons. The Morgan fingerprint density at radius 1 is 1.21 bits per heavy atom. The zero-order chi connectivity index (χ0) is 16.9. The average Bonchev–Trinajstić information content (AvgIpc) is 2.61. The molecule has 0 unspecified atom stereocenters. The maximum Gasteiger partial charge on any atom is 0.159 e. The number of hydrogen-bond acceptors (Lipinski definition) is 4. The largest absolute Gasteiger partial charge is 0.491 e. The van der Waals surface area contributed by atoms with E-state index in [-0.39, 0.29) is 5.78 Å². The van der Waals surface area contributed by atoms with Gasteiger partial charge in [0.15, 0.2) is 5.78 Å². The molecule has 24 heavy (non-hydrogen) atoms. The highest BCUT2D eigenvalue weighted by Gasteiger charge is 2.33. The lowest BCUT2D eigenvalue weighted by molar-refractivity contribution is 0.00654. The van der Waals surface area contributed by atoms with Crippen LogP contribution in [-0.4, -0.2) is 47.6 Å². The standard InChI is InChI=1S/C20H29NO3/c1-15(22)16-8-10-19(11-9-16)24-14-18(23)13-21-12-4-6-17-5-2-3-7-20(17)21/h8-11,17-18,20,23H,2-7,12-14H2,1H3/t17-,18+,20-/m0/s1. The van der Waals surface area contributed by atoms with Crippen molar-refractivity contribution in [2.24, 2.45) is 5.92 Å². The highest BCUT2D eigenvalue weighted by molar-refractivity contribution is 5.94. The molecule has 3 rings (SSSR count). The number of likely N-dealkylation sites (tertiary alicyclic amines) is 1. The second-order valence-electron chi connectivity index (χ2n) is 7.29. The van der Waals surface area contributed by atoms with Crippen LogP contribution in [0, 0.1) is 5.92 Å². The van der Waals surface area contributed by atoms with Crippen molar-refractivity contribution < 1.29 is 14.6 Å². The van der Waals surface area contributed by atoms with E-state index in [1.807, 2.05) is 0 Å². The molecular formula is C20H29NO3. The predicted molar refractivity (Wildman–Crippen MR) is 94.5 cm³/mol. The van der Waals surface area contributed by atoms with E-state index >= 15 is 0 Å². The molecule has 3 atom stereocenters. The van der Waals surface area contributed by atoms with Crippen molar-refractivity contribution in [2.45, 2.75) is 57.6 Å². The maximum atomic E-state index is 11.3. The summed E-state index contributed by atoms with van der Waals surface area (Å²) in [5.41, 5.74) is 0.680. The van der Waals surface area contributed by atoms with E-state index in [9.17, 15) is 9.90 Å². The third-order valence-corrected chi connectivity index (χ3v) is 5.51. The molecule has 4 nitrogen and oxygen atoms in total. The Morgan fingerprint density at radius 3 is 2.67 bits per heavy atom. The first-order chi connectivity index (χ1) is 11.6. The van der Waals surface area contributed by atoms with E-state index in [1.165, 1.54) is 38.5 Å². The molecule has 1 N–H and O–H groups in total. The number of carbonyl (C=O) groups excluding carboxylic acids is 1. The summed E-state index contributed by atoms with van der Waals surface area (Å²) in [6, 6.07) is 7.78. The summed E-state index contributed by atoms with van der Waals surface area (Å²) >= 11 is 0. The van der Waals surface area contributed by atoms with E-state index in [0.717, 1.165) is 12.5 Å². The van der Waals surface area contributed by atoms with Gasteiger partial charge in [0.1, 0.15) is 18.5 Å². The van der Waals surface area contributed by atoms with Crippen LogP contribution in [0.3, 0.4) is 0 Å². The van der Waals surface area contributed by atoms with Gasteiger partial charge < -0.3 is 9.84 Å². The van der Waals surface area contributed by atoms with Crippen molar-refractivity contribution in [3.8, 4) is 5.75 Å². The number of rotatable bonds is 6. The van der Waals surface area contributed by atoms with E-state index in [4.69, 9.17) is 4.74 Å². The van der Waals surface area contributed by atoms with Gasteiger partial charge in [0, 0.05) is 18.2 Å². The van der Waals surface area contributed by atoms with Crippen LogP contribution in [0.1, 0.15) is 55.8 Å². The van der Waals surface area contributed by atoms with Gasteiger partial charge >= 0.3 is 0 Å². The number of carbonyl (C=O) groups is 1. The fraction of sp³-hybridized carbons (Fsp3) is 0.650. The zero-order valence-corrected chi connectivity index (χ0v) is 14.6. The molecule has 0 aromatic heterocycles. The number of Topliss-reactive ketones (excluding diaryl/α,β-unsaturated/α-hetero) is 1. The van der Waals surface area contributed by atoms with Crippen LogP contribution in [0.5, 0.6) is 5.75 Å². The lowest BCUT2D eigenvalue weighted by atomic mass is 9.78. The molecule has 2 aliphatic rings. The van der Waals surface area contributed by atoms with Crippen molar-refractivity contribution in [1.82, 2.24) is 4.90 Å². The van der Waals surface area contributed by atoms with E-state index in [2.05, 4.69) is 4.90 Å². The number of piperidine rings is 1. The van der Waals surface area contributed by atoms with Crippen LogP contribution in [-0.2, 0) is 0 Å². The Labute approximate surface area is 144 Å². The van der Waals surface area contributed by atoms with E-state index in [0.29, 0.717) is 30.5 Å². The van der Waals surface area contributed by atoms with Gasteiger partial charge in [-0.15, -0.1) is 0 Å². The molecule has 1 aromatic rings. The van der Waals surface area contributed by atoms with Crippen molar-refractivity contribution in [1.29, 1.82) is 0 Å². The molecule has 4 heteroatoms. The maximum absolute atomic E-state index is 11.3. The van der Waals surface area contributed by atoms with Gasteiger partial charge in [-0.05, 0) is 69.3 Å². The first kappa shape index (κ1) is 17.4. The fourth-order valence-corrected chi connectivity index (χ4v) is 4.26. The predicted octanol–water partition coefficient (Wildman–Crippen LogP) is 3.28. The van der Waals surface area contributed by atoms with Crippen LogP contribution in [0.4, 0.5) is 0 Å². The molecular weight excluding hydrogens is 302 g/mol. The summed E-state index contributed by atoms with van der Waals surface area (Å²) in [7, 11) is 0. The van der Waals surface area contributed by atoms with Gasteiger partial charge in [-0.3, -0.25) is 9.69 Å². The van der Waals surface area contributed by atoms with Gasteiger partial charge in [0.2, 0.25) is 0 Å². The number of aliphatic hydroxyl groups excluding tert-OH is 1. The summed E-state index contributed by atoms with van der Waals surface area (Å²) < 4.78 is 5.69. The average molecular weight is 331 g/mol. The number of benzene rings is 1. The summed E-state index contributed by atoms with van der Waals surface area (Å²) in [6.07, 6.45) is 7.47. The highest BCUT2D eigenvalue weighted by Crippen LogP contribution is 2.35. The van der Waals surface area contributed by atoms with Gasteiger partial charge in [-0.25, -0.2) is 0 Å². The summed E-state index contributed by atoms with van der Waals surface area (Å²) in [6.45, 7) is 3.66. The topological polar surface area (TPSA) is 49.8 Å². The molecule has 0 amide bonds. The Balaban J connectivity index is 1.48. The fourth-order valence-electron chi connectivity index (χ4n) is 4.26. The molecule has 2 fully saturated rings. The lowest BCUT2D eigenvalue weighted by Crippen LogP contribution is -2.50. The minimum atomic E-state index is -0.474. The molecule has 1 heterocycles. The SMILES string of the molecule is CC(=O)c1ccc(OC[C@H](O)CN2CCC[C@@H]3CCCC[C@@H]32)cc1. The molecule has 0 bridgehead atoms. The lowest BCUT2D eigenvalue weighted by Gasteiger charge is -2.44. The molecule has 0 spiro atoms. The molecule has 0 radical (unpaired) electrons. The third-order valence-electron chi connectivity index (χ3n) is 5.51. The smallest absolute Gasteiger partial charge is 0.159 e. The van der Waals surface area contributed by atoms with Crippen molar-refractivity contribution in [3.63, 3.8) is 0 Å². The summed E-state index contributed by atoms with van der Waals surface area (Å²) in [5.74, 6) is 1.58. The molecule has 1 aliphatic carbocycles. The van der Waals surface area contributed by atoms with Gasteiger partial charge in [0.25, 0.3) is 0 Å². The molecule has 1 aliphatic heterocycles. The Hall–Kier alpha value is -1.39. The molecule has 1 saturated heterocycles. The second kappa shape index (κ2) is 8.13. The number of fused-ring (bicyclic) bond motifs is 1. The second-order valence-corrected chi connectivity index (χ2v) is 7.29. The quantitative estimate of drug-likeness (QED) is 0.813. The van der Waals surface area contributed by atoms with Gasteiger partial charge in [-0.2, -0.15) is 0 Å². The number of hydrogen-bond donors (Lipinski definition) is 1. The Morgan fingerprint density at radius 2 is 1.92 bits per heavy atom. The number of ether oxygens (including phenoxy) is 1. The minimum absolute atomic E-state index is 0.0497. The molecule has 1 aromatic carbocycles. The summed E-state index contributed by atoms with van der Waals surface area (Å²) in [4.78, 5) is 13.8. The Bertz CT molecular complexity index is 540. The van der Waals surface area contributed by atoms with Crippen molar-refractivity contribution in [3.05, 3.63) is 29.8 Å². The zero-order valence-electron chi connectivity index (χ0n) is 14.6. The van der Waals surface area contributed by atoms with Gasteiger partial charge in [-0.1, -0.05) is 12.8 Å². The number of nitrogens with zero attached hydrogens (tertiary/aromatic N) is 1. The number of ketones is 1. The van der Waals surface area contributed by atoms with Crippen LogP contribution >= 0.6 is 0 Å². The van der Waals surface area contributed by atoms with Crippen LogP contribution < -0.4 is 4.74 Å². The number of β-amino-alcohol motifs (C(OH)–C–C–N with tert-alkyl or cyclic N) is 1. The highest BCUT2D eigenvalue weighted by atomic mass is 16.5. The third kappa shape index (κ3) is 4.37. The van der Waals surface area contributed by atoms with Crippen LogP contribution in [0.2, 0.25) is 0 Å². The van der Waals surface area contributed by atoms with E-state index < -0.39 is 6.10 Å². The summed E-state index contributed by atoms with van der Waals surface area (Å²) in [5, 5.41) is 10.4. The van der Waals surface area contributed by atoms with Gasteiger partial charge in [0.05, 0.1) is 0 Å². The first-order valence-corrected chi connectivity index (χ1v) is 9.29. The molecule has 1 saturated carbocycles. The van der Waals surface area contributed by atoms with Crippen LogP contribution in [0.25, 0.3) is 0 Å². The van der Waals surface area contributed by atoms with Crippen LogP contribution in [0.15, 0.2) is 24.3 Å².